The molecule has 0 spiro atoms. The van der Waals surface area contributed by atoms with Crippen molar-refractivity contribution in [3.05, 3.63) is 47.0 Å². The van der Waals surface area contributed by atoms with E-state index in [-0.39, 0.29) is 5.54 Å². The van der Waals surface area contributed by atoms with Gasteiger partial charge in [0.1, 0.15) is 0 Å². The van der Waals surface area contributed by atoms with E-state index in [1.165, 1.54) is 0 Å². The molecular formula is C13H14ClN. The largest absolute Gasteiger partial charge is 0.322 e. The van der Waals surface area contributed by atoms with Gasteiger partial charge in [-0.1, -0.05) is 35.9 Å². The van der Waals surface area contributed by atoms with Crippen LogP contribution in [0.5, 0.6) is 0 Å². The van der Waals surface area contributed by atoms with Gasteiger partial charge in [0.25, 0.3) is 0 Å². The number of hydrogen-bond donors (Lipinski definition) is 1. The lowest BCUT2D eigenvalue weighted by atomic mass is 9.93. The summed E-state index contributed by atoms with van der Waals surface area (Å²) in [6, 6.07) is 12.1. The van der Waals surface area contributed by atoms with Crippen LogP contribution in [0.1, 0.15) is 19.4 Å². The van der Waals surface area contributed by atoms with Crippen molar-refractivity contribution < 1.29 is 0 Å². The molecular weight excluding hydrogens is 206 g/mol. The molecule has 0 unspecified atom stereocenters. The van der Waals surface area contributed by atoms with Gasteiger partial charge < -0.3 is 5.73 Å². The summed E-state index contributed by atoms with van der Waals surface area (Å²) in [6.07, 6.45) is 0. The van der Waals surface area contributed by atoms with E-state index in [2.05, 4.69) is 12.1 Å². The zero-order chi connectivity index (χ0) is 11.1. The van der Waals surface area contributed by atoms with Gasteiger partial charge in [-0.25, -0.2) is 0 Å². The molecule has 0 fully saturated rings. The first kappa shape index (κ1) is 10.5. The van der Waals surface area contributed by atoms with Gasteiger partial charge in [-0.15, -0.1) is 0 Å². The molecule has 2 N–H and O–H groups in total. The molecule has 2 heteroatoms. The molecule has 15 heavy (non-hydrogen) atoms. The second kappa shape index (κ2) is 3.51. The van der Waals surface area contributed by atoms with E-state index in [1.807, 2.05) is 38.1 Å². The van der Waals surface area contributed by atoms with Crippen LogP contribution in [0, 0.1) is 0 Å². The Morgan fingerprint density at radius 3 is 2.53 bits per heavy atom. The molecule has 78 valence electrons. The van der Waals surface area contributed by atoms with E-state index in [4.69, 9.17) is 17.3 Å². The standard InChI is InChI=1S/C13H14ClN/c1-13(2,15)10-6-7-11-9(8-10)4-3-5-12(11)14/h3-8H,15H2,1-2H3. The van der Waals surface area contributed by atoms with Gasteiger partial charge in [0.2, 0.25) is 0 Å². The molecule has 0 saturated heterocycles. The molecule has 0 heterocycles. The fourth-order valence-corrected chi connectivity index (χ4v) is 1.89. The van der Waals surface area contributed by atoms with Crippen LogP contribution in [-0.4, -0.2) is 0 Å². The van der Waals surface area contributed by atoms with Gasteiger partial charge in [0.15, 0.2) is 0 Å². The van der Waals surface area contributed by atoms with Crippen molar-refractivity contribution in [2.75, 3.05) is 0 Å². The van der Waals surface area contributed by atoms with E-state index in [0.29, 0.717) is 0 Å². The van der Waals surface area contributed by atoms with Crippen LogP contribution in [0.4, 0.5) is 0 Å². The van der Waals surface area contributed by atoms with E-state index >= 15 is 0 Å². The first-order chi connectivity index (χ1) is 6.98. The van der Waals surface area contributed by atoms with E-state index in [9.17, 15) is 0 Å². The predicted octanol–water partition coefficient (Wildman–Crippen LogP) is 3.69. The van der Waals surface area contributed by atoms with Crippen LogP contribution in [0.3, 0.4) is 0 Å². The van der Waals surface area contributed by atoms with E-state index < -0.39 is 0 Å². The molecule has 0 amide bonds. The zero-order valence-corrected chi connectivity index (χ0v) is 9.68. The lowest BCUT2D eigenvalue weighted by molar-refractivity contribution is 0.555. The Kier molecular flexibility index (Phi) is 2.45. The van der Waals surface area contributed by atoms with Crippen LogP contribution in [-0.2, 0) is 5.54 Å². The Morgan fingerprint density at radius 2 is 1.87 bits per heavy atom. The average Bonchev–Trinajstić information content (AvgIpc) is 2.16. The third-order valence-electron chi connectivity index (χ3n) is 2.57. The number of rotatable bonds is 1. The molecule has 0 saturated carbocycles. The van der Waals surface area contributed by atoms with Crippen LogP contribution >= 0.6 is 11.6 Å². The first-order valence-corrected chi connectivity index (χ1v) is 5.34. The maximum Gasteiger partial charge on any atom is 0.0484 e. The summed E-state index contributed by atoms with van der Waals surface area (Å²) in [5, 5.41) is 3.00. The summed E-state index contributed by atoms with van der Waals surface area (Å²) in [7, 11) is 0. The summed E-state index contributed by atoms with van der Waals surface area (Å²) in [4.78, 5) is 0. The fraction of sp³-hybridized carbons (Fsp3) is 0.231. The summed E-state index contributed by atoms with van der Waals surface area (Å²) in [5.41, 5.74) is 6.87. The smallest absolute Gasteiger partial charge is 0.0484 e. The normalized spacial score (nSPS) is 12.0. The third-order valence-corrected chi connectivity index (χ3v) is 2.90. The quantitative estimate of drug-likeness (QED) is 0.778. The molecule has 2 aromatic carbocycles. The van der Waals surface area contributed by atoms with Crippen molar-refractivity contribution in [1.82, 2.24) is 0 Å². The zero-order valence-electron chi connectivity index (χ0n) is 8.92. The van der Waals surface area contributed by atoms with Crippen molar-refractivity contribution >= 4 is 22.4 Å². The molecule has 0 aliphatic rings. The first-order valence-electron chi connectivity index (χ1n) is 4.96. The van der Waals surface area contributed by atoms with Gasteiger partial charge in [0, 0.05) is 15.9 Å². The van der Waals surface area contributed by atoms with Crippen molar-refractivity contribution in [2.24, 2.45) is 5.73 Å². The monoisotopic (exact) mass is 219 g/mol. The molecule has 2 rings (SSSR count). The minimum Gasteiger partial charge on any atom is -0.322 e. The molecule has 2 aromatic rings. The van der Waals surface area contributed by atoms with Crippen molar-refractivity contribution in [3.63, 3.8) is 0 Å². The van der Waals surface area contributed by atoms with Gasteiger partial charge in [-0.05, 0) is 36.9 Å². The minimum atomic E-state index is -0.309. The van der Waals surface area contributed by atoms with E-state index in [1.54, 1.807) is 0 Å². The topological polar surface area (TPSA) is 26.0 Å². The predicted molar refractivity (Wildman–Crippen MR) is 66.2 cm³/mol. The van der Waals surface area contributed by atoms with Gasteiger partial charge in [-0.3, -0.25) is 0 Å². The lowest BCUT2D eigenvalue weighted by Gasteiger charge is -2.19. The highest BCUT2D eigenvalue weighted by Gasteiger charge is 2.14. The lowest BCUT2D eigenvalue weighted by Crippen LogP contribution is -2.28. The number of nitrogens with two attached hydrogens (primary N) is 1. The van der Waals surface area contributed by atoms with Gasteiger partial charge >= 0.3 is 0 Å². The second-order valence-corrected chi connectivity index (χ2v) is 4.80. The molecule has 0 atom stereocenters. The molecule has 0 radical (unpaired) electrons. The molecule has 0 aliphatic heterocycles. The third kappa shape index (κ3) is 1.99. The van der Waals surface area contributed by atoms with Crippen molar-refractivity contribution in [3.8, 4) is 0 Å². The van der Waals surface area contributed by atoms with Gasteiger partial charge in [-0.2, -0.15) is 0 Å². The number of halogens is 1. The second-order valence-electron chi connectivity index (χ2n) is 4.40. The van der Waals surface area contributed by atoms with Crippen LogP contribution in [0.15, 0.2) is 36.4 Å². The Balaban J connectivity index is 2.68. The van der Waals surface area contributed by atoms with Crippen molar-refractivity contribution in [2.45, 2.75) is 19.4 Å². The highest BCUT2D eigenvalue weighted by molar-refractivity contribution is 6.35. The molecule has 0 aliphatic carbocycles. The van der Waals surface area contributed by atoms with Crippen LogP contribution < -0.4 is 5.73 Å². The fourth-order valence-electron chi connectivity index (χ4n) is 1.64. The summed E-state index contributed by atoms with van der Waals surface area (Å²) < 4.78 is 0. The summed E-state index contributed by atoms with van der Waals surface area (Å²) >= 11 is 6.09. The maximum absolute atomic E-state index is 6.09. The van der Waals surface area contributed by atoms with Crippen molar-refractivity contribution in [1.29, 1.82) is 0 Å². The highest BCUT2D eigenvalue weighted by Crippen LogP contribution is 2.27. The Morgan fingerprint density at radius 1 is 1.13 bits per heavy atom. The number of benzene rings is 2. The van der Waals surface area contributed by atoms with Crippen LogP contribution in [0.2, 0.25) is 5.02 Å². The maximum atomic E-state index is 6.09. The number of fused-ring (bicyclic) bond motifs is 1. The Labute approximate surface area is 94.9 Å². The number of hydrogen-bond acceptors (Lipinski definition) is 1. The van der Waals surface area contributed by atoms with Crippen LogP contribution in [0.25, 0.3) is 10.8 Å². The summed E-state index contributed by atoms with van der Waals surface area (Å²) in [6.45, 7) is 4.00. The van der Waals surface area contributed by atoms with Gasteiger partial charge in [0.05, 0.1) is 0 Å². The highest BCUT2D eigenvalue weighted by atomic mass is 35.5. The summed E-state index contributed by atoms with van der Waals surface area (Å²) in [5.74, 6) is 0. The Bertz CT molecular complexity index is 497. The Hall–Kier alpha value is -1.05. The molecule has 0 aromatic heterocycles. The average molecular weight is 220 g/mol. The SMILES string of the molecule is CC(C)(N)c1ccc2c(Cl)cccc2c1. The van der Waals surface area contributed by atoms with E-state index in [0.717, 1.165) is 21.4 Å². The molecule has 0 bridgehead atoms. The minimum absolute atomic E-state index is 0.309. The molecule has 1 nitrogen and oxygen atoms in total.